The van der Waals surface area contributed by atoms with Gasteiger partial charge in [0.25, 0.3) is 0 Å². The van der Waals surface area contributed by atoms with Crippen molar-refractivity contribution >= 4 is 17.6 Å². The fourth-order valence-electron chi connectivity index (χ4n) is 8.00. The van der Waals surface area contributed by atoms with Crippen molar-refractivity contribution in [3.8, 4) is 22.3 Å². The van der Waals surface area contributed by atoms with Crippen molar-refractivity contribution < 1.29 is 17.1 Å². The maximum absolute atomic E-state index is 3.78. The molecule has 2 aliphatic rings. The van der Waals surface area contributed by atoms with Gasteiger partial charge in [0.05, 0.1) is 0 Å². The Balaban J connectivity index is 1.56. The standard InChI is InChI=1S/2C16H13.C5H12Si.2CH3.Hf/c2*1-12-6-2-3-9-14(12)16-11-5-8-13-7-4-10-15(13)16;1-3-4-5-6-2;;;/h2*2-11H,1H3;3-5H2,1-2H3;2*1H3;. The third-order valence-corrected chi connectivity index (χ3v) is 68.9. The van der Waals surface area contributed by atoms with E-state index in [0.717, 1.165) is 0 Å². The Hall–Kier alpha value is -2.55. The van der Waals surface area contributed by atoms with Gasteiger partial charge in [-0.05, 0) is 0 Å². The van der Waals surface area contributed by atoms with Crippen LogP contribution in [0.1, 0.15) is 60.5 Å². The summed E-state index contributed by atoms with van der Waals surface area (Å²) >= 11 is -3.78. The molecule has 2 aliphatic carbocycles. The van der Waals surface area contributed by atoms with Crippen LogP contribution in [0.25, 0.3) is 34.4 Å². The summed E-state index contributed by atoms with van der Waals surface area (Å²) in [6, 6.07) is 33.5. The monoisotopic (exact) mass is 720 g/mol. The number of fused-ring (bicyclic) bond motifs is 2. The van der Waals surface area contributed by atoms with E-state index in [-0.39, 0.29) is 0 Å². The van der Waals surface area contributed by atoms with Gasteiger partial charge in [-0.3, -0.25) is 0 Å². The molecule has 0 spiro atoms. The Morgan fingerprint density at radius 2 is 1.05 bits per heavy atom. The van der Waals surface area contributed by atoms with Crippen molar-refractivity contribution in [3.05, 3.63) is 130 Å². The van der Waals surface area contributed by atoms with E-state index in [2.05, 4.69) is 146 Å². The van der Waals surface area contributed by atoms with Gasteiger partial charge < -0.3 is 0 Å². The summed E-state index contributed by atoms with van der Waals surface area (Å²) in [6.07, 6.45) is 13.0. The van der Waals surface area contributed by atoms with Gasteiger partial charge in [0, 0.05) is 0 Å². The number of allylic oxidation sites excluding steroid dienone is 2. The Morgan fingerprint density at radius 3 is 1.49 bits per heavy atom. The molecule has 41 heavy (non-hydrogen) atoms. The molecule has 2 atom stereocenters. The fourth-order valence-corrected chi connectivity index (χ4v) is 51.7. The second-order valence-electron chi connectivity index (χ2n) is 13.4. The number of rotatable bonds is 7. The number of hydrogen-bond donors (Lipinski definition) is 0. The molecule has 0 N–H and O–H groups in total. The molecule has 208 valence electrons. The molecule has 0 fully saturated rings. The van der Waals surface area contributed by atoms with E-state index in [0.29, 0.717) is 7.35 Å². The van der Waals surface area contributed by atoms with Crippen LogP contribution in [0, 0.1) is 13.8 Å². The summed E-state index contributed by atoms with van der Waals surface area (Å²) in [5.41, 5.74) is 13.8. The molecule has 0 aromatic heterocycles. The van der Waals surface area contributed by atoms with Crippen LogP contribution in [0.15, 0.2) is 97.1 Å². The number of benzene rings is 4. The van der Waals surface area contributed by atoms with E-state index < -0.39 is 22.6 Å². The molecular formula is C39H44HfSi. The first-order valence-electron chi connectivity index (χ1n) is 15.5. The Bertz CT molecular complexity index is 1660. The molecule has 0 radical (unpaired) electrons. The third kappa shape index (κ3) is 4.57. The summed E-state index contributed by atoms with van der Waals surface area (Å²) in [7, 11) is 0. The Kier molecular flexibility index (Phi) is 7.62. The zero-order chi connectivity index (χ0) is 28.8. The van der Waals surface area contributed by atoms with Crippen molar-refractivity contribution in [2.24, 2.45) is 0 Å². The summed E-state index contributed by atoms with van der Waals surface area (Å²) < 4.78 is 6.89. The molecule has 4 aromatic rings. The van der Waals surface area contributed by atoms with Crippen LogP contribution in [0.4, 0.5) is 0 Å². The average Bonchev–Trinajstić information content (AvgIpc) is 3.63. The van der Waals surface area contributed by atoms with Crippen LogP contribution < -0.4 is 0 Å². The zero-order valence-corrected chi connectivity index (χ0v) is 30.3. The van der Waals surface area contributed by atoms with Crippen molar-refractivity contribution in [2.75, 3.05) is 0 Å². The quantitative estimate of drug-likeness (QED) is 0.167. The van der Waals surface area contributed by atoms with Crippen molar-refractivity contribution in [3.63, 3.8) is 0 Å². The van der Waals surface area contributed by atoms with Gasteiger partial charge in [0.2, 0.25) is 0 Å². The second-order valence-corrected chi connectivity index (χ2v) is 60.8. The molecule has 4 aromatic carbocycles. The number of aryl methyl sites for hydroxylation is 2. The van der Waals surface area contributed by atoms with Crippen LogP contribution in [0.3, 0.4) is 0 Å². The molecule has 0 heterocycles. The van der Waals surface area contributed by atoms with Gasteiger partial charge >= 0.3 is 250 Å². The Labute approximate surface area is 248 Å². The van der Waals surface area contributed by atoms with E-state index in [1.807, 2.05) is 0 Å². The summed E-state index contributed by atoms with van der Waals surface area (Å²) in [6.45, 7) is 9.59. The fraction of sp³-hybridized carbons (Fsp3) is 0.282. The molecule has 2 heteroatoms. The van der Waals surface area contributed by atoms with Gasteiger partial charge in [0.1, 0.15) is 0 Å². The van der Waals surface area contributed by atoms with E-state index >= 15 is 0 Å². The molecule has 0 bridgehead atoms. The summed E-state index contributed by atoms with van der Waals surface area (Å²) in [4.78, 5) is 0. The van der Waals surface area contributed by atoms with Crippen molar-refractivity contribution in [1.82, 2.24) is 0 Å². The van der Waals surface area contributed by atoms with E-state index in [4.69, 9.17) is 0 Å². The van der Waals surface area contributed by atoms with Crippen LogP contribution in [0.5, 0.6) is 0 Å². The zero-order valence-electron chi connectivity index (χ0n) is 25.7. The molecule has 0 amide bonds. The third-order valence-electron chi connectivity index (χ3n) is 10.9. The Morgan fingerprint density at radius 1 is 0.610 bits per heavy atom. The predicted octanol–water partition coefficient (Wildman–Crippen LogP) is 11.7. The van der Waals surface area contributed by atoms with Crippen LogP contribution in [0.2, 0.25) is 22.0 Å². The summed E-state index contributed by atoms with van der Waals surface area (Å²) in [5, 5.41) is 0. The molecule has 6 rings (SSSR count). The van der Waals surface area contributed by atoms with Crippen LogP contribution in [-0.2, 0) is 17.1 Å². The SMILES string of the molecule is CCCC[Si](C)=[Hf]([CH3])([CH3])([CH]1C=Cc2c(-c3ccccc3C)cccc21)[CH]1C=Cc2c(-c3ccccc3C)cccc21. The van der Waals surface area contributed by atoms with Crippen molar-refractivity contribution in [2.45, 2.75) is 62.9 Å². The van der Waals surface area contributed by atoms with Gasteiger partial charge in [0.15, 0.2) is 0 Å². The number of unbranched alkanes of at least 4 members (excludes halogenated alkanes) is 1. The number of hydrogen-bond acceptors (Lipinski definition) is 0. The second kappa shape index (κ2) is 10.9. The molecular weight excluding hydrogens is 675 g/mol. The predicted molar refractivity (Wildman–Crippen MR) is 180 cm³/mol. The van der Waals surface area contributed by atoms with E-state index in [1.165, 1.54) is 63.4 Å². The first kappa shape index (κ1) is 28.6. The van der Waals surface area contributed by atoms with Gasteiger partial charge in [-0.15, -0.1) is 0 Å². The van der Waals surface area contributed by atoms with Gasteiger partial charge in [-0.2, -0.15) is 0 Å². The van der Waals surface area contributed by atoms with E-state index in [1.54, 1.807) is 11.1 Å². The van der Waals surface area contributed by atoms with Gasteiger partial charge in [-0.1, -0.05) is 0 Å². The molecule has 2 unspecified atom stereocenters. The summed E-state index contributed by atoms with van der Waals surface area (Å²) in [5.74, 6) is 0. The van der Waals surface area contributed by atoms with Crippen LogP contribution in [-0.4, -0.2) is 5.49 Å². The molecule has 0 saturated carbocycles. The van der Waals surface area contributed by atoms with E-state index in [9.17, 15) is 0 Å². The minimum atomic E-state index is -3.78. The van der Waals surface area contributed by atoms with Crippen LogP contribution >= 0.6 is 0 Å². The first-order chi connectivity index (χ1) is 19.7. The molecule has 0 aliphatic heterocycles. The first-order valence-corrected chi connectivity index (χ1v) is 34.4. The van der Waals surface area contributed by atoms with Crippen molar-refractivity contribution in [1.29, 1.82) is 0 Å². The molecule has 0 saturated heterocycles. The minimum absolute atomic E-state index is 0.574. The molecule has 0 nitrogen and oxygen atoms in total. The topological polar surface area (TPSA) is 0 Å². The van der Waals surface area contributed by atoms with Gasteiger partial charge in [-0.25, -0.2) is 0 Å². The normalized spacial score (nSPS) is 17.5. The maximum atomic E-state index is 2.87. The average molecular weight is 719 g/mol.